The van der Waals surface area contributed by atoms with Crippen molar-refractivity contribution in [3.05, 3.63) is 39.4 Å². The topological polar surface area (TPSA) is 101 Å². The molecule has 106 valence electrons. The highest BCUT2D eigenvalue weighted by molar-refractivity contribution is 5.99. The number of nitro groups is 1. The number of aryl methyl sites for hydroxylation is 1. The van der Waals surface area contributed by atoms with Gasteiger partial charge in [0.2, 0.25) is 5.91 Å². The van der Waals surface area contributed by atoms with Crippen molar-refractivity contribution in [1.29, 1.82) is 0 Å². The number of piperidine rings is 1. The summed E-state index contributed by atoms with van der Waals surface area (Å²) in [5, 5.41) is 16.4. The molecule has 20 heavy (non-hydrogen) atoms. The van der Waals surface area contributed by atoms with Crippen molar-refractivity contribution < 1.29 is 14.5 Å². The number of hydrogen-bond acceptors (Lipinski definition) is 4. The van der Waals surface area contributed by atoms with E-state index in [0.717, 1.165) is 0 Å². The van der Waals surface area contributed by atoms with E-state index < -0.39 is 10.8 Å². The Bertz CT molecular complexity index is 561. The minimum absolute atomic E-state index is 0.0444. The summed E-state index contributed by atoms with van der Waals surface area (Å²) in [4.78, 5) is 33.7. The Labute approximate surface area is 115 Å². The van der Waals surface area contributed by atoms with Gasteiger partial charge in [0, 0.05) is 24.6 Å². The van der Waals surface area contributed by atoms with E-state index in [-0.39, 0.29) is 23.2 Å². The maximum atomic E-state index is 12.1. The first-order chi connectivity index (χ1) is 9.49. The fourth-order valence-electron chi connectivity index (χ4n) is 2.20. The molecule has 1 unspecified atom stereocenters. The second-order valence-electron chi connectivity index (χ2n) is 4.74. The molecule has 0 saturated carbocycles. The highest BCUT2D eigenvalue weighted by Crippen LogP contribution is 2.23. The SMILES string of the molecule is Cc1cccc(C(=O)NC2CCC(=O)NC2)c1[N+](=O)[O-]. The van der Waals surface area contributed by atoms with Gasteiger partial charge in [-0.05, 0) is 19.4 Å². The van der Waals surface area contributed by atoms with Crippen molar-refractivity contribution in [2.75, 3.05) is 6.54 Å². The molecule has 0 aliphatic carbocycles. The molecule has 1 aromatic carbocycles. The van der Waals surface area contributed by atoms with Gasteiger partial charge in [-0.2, -0.15) is 0 Å². The summed E-state index contributed by atoms with van der Waals surface area (Å²) in [5.41, 5.74) is 0.316. The number of rotatable bonds is 3. The first-order valence-electron chi connectivity index (χ1n) is 6.30. The van der Waals surface area contributed by atoms with Gasteiger partial charge in [0.15, 0.2) is 0 Å². The Hall–Kier alpha value is -2.44. The zero-order chi connectivity index (χ0) is 14.7. The zero-order valence-corrected chi connectivity index (χ0v) is 11.0. The molecule has 2 rings (SSSR count). The van der Waals surface area contributed by atoms with Gasteiger partial charge in [0.05, 0.1) is 4.92 Å². The average Bonchev–Trinajstić information content (AvgIpc) is 2.40. The third-order valence-electron chi connectivity index (χ3n) is 3.27. The molecule has 1 aliphatic rings. The van der Waals surface area contributed by atoms with Gasteiger partial charge in [-0.25, -0.2) is 0 Å². The van der Waals surface area contributed by atoms with Crippen LogP contribution in [0.2, 0.25) is 0 Å². The monoisotopic (exact) mass is 277 g/mol. The Morgan fingerprint density at radius 2 is 2.25 bits per heavy atom. The van der Waals surface area contributed by atoms with Crippen LogP contribution in [0.25, 0.3) is 0 Å². The predicted octanol–water partition coefficient (Wildman–Crippen LogP) is 0.912. The molecule has 1 heterocycles. The number of amides is 2. The molecule has 1 fully saturated rings. The molecule has 0 bridgehead atoms. The first-order valence-corrected chi connectivity index (χ1v) is 6.30. The van der Waals surface area contributed by atoms with E-state index in [1.807, 2.05) is 0 Å². The third-order valence-corrected chi connectivity index (χ3v) is 3.27. The molecule has 7 heteroatoms. The summed E-state index contributed by atoms with van der Waals surface area (Å²) in [6, 6.07) is 4.44. The van der Waals surface area contributed by atoms with Crippen molar-refractivity contribution in [1.82, 2.24) is 10.6 Å². The van der Waals surface area contributed by atoms with Crippen molar-refractivity contribution >= 4 is 17.5 Å². The molecule has 1 aromatic rings. The summed E-state index contributed by atoms with van der Waals surface area (Å²) in [6.45, 7) is 1.94. The molecule has 0 radical (unpaired) electrons. The van der Waals surface area contributed by atoms with E-state index in [1.54, 1.807) is 19.1 Å². The van der Waals surface area contributed by atoms with Gasteiger partial charge in [0.1, 0.15) is 5.56 Å². The van der Waals surface area contributed by atoms with E-state index in [1.165, 1.54) is 6.07 Å². The van der Waals surface area contributed by atoms with E-state index in [0.29, 0.717) is 24.9 Å². The van der Waals surface area contributed by atoms with Gasteiger partial charge in [0.25, 0.3) is 11.6 Å². The zero-order valence-electron chi connectivity index (χ0n) is 11.0. The lowest BCUT2D eigenvalue weighted by molar-refractivity contribution is -0.385. The van der Waals surface area contributed by atoms with Gasteiger partial charge in [-0.15, -0.1) is 0 Å². The molecule has 0 aromatic heterocycles. The number of hydrogen-bond donors (Lipinski definition) is 2. The Balaban J connectivity index is 2.15. The van der Waals surface area contributed by atoms with Crippen molar-refractivity contribution in [3.63, 3.8) is 0 Å². The second-order valence-corrected chi connectivity index (χ2v) is 4.74. The maximum Gasteiger partial charge on any atom is 0.285 e. The normalized spacial score (nSPS) is 18.2. The number of nitro benzene ring substituents is 1. The van der Waals surface area contributed by atoms with Crippen molar-refractivity contribution in [2.24, 2.45) is 0 Å². The van der Waals surface area contributed by atoms with Crippen LogP contribution < -0.4 is 10.6 Å². The first kappa shape index (κ1) is 14.0. The van der Waals surface area contributed by atoms with Crippen molar-refractivity contribution in [2.45, 2.75) is 25.8 Å². The average molecular weight is 277 g/mol. The molecule has 1 atom stereocenters. The van der Waals surface area contributed by atoms with E-state index in [4.69, 9.17) is 0 Å². The third kappa shape index (κ3) is 2.93. The van der Waals surface area contributed by atoms with Gasteiger partial charge < -0.3 is 10.6 Å². The molecule has 1 aliphatic heterocycles. The number of carbonyl (C=O) groups is 2. The number of nitrogens with one attached hydrogen (secondary N) is 2. The maximum absolute atomic E-state index is 12.1. The summed E-state index contributed by atoms with van der Waals surface area (Å²) >= 11 is 0. The lowest BCUT2D eigenvalue weighted by atomic mass is 10.0. The van der Waals surface area contributed by atoms with Crippen LogP contribution in [-0.4, -0.2) is 29.3 Å². The summed E-state index contributed by atoms with van der Waals surface area (Å²) in [6.07, 6.45) is 0.887. The molecule has 7 nitrogen and oxygen atoms in total. The highest BCUT2D eigenvalue weighted by Gasteiger charge is 2.25. The van der Waals surface area contributed by atoms with Crippen LogP contribution in [0.15, 0.2) is 18.2 Å². The van der Waals surface area contributed by atoms with Crippen LogP contribution in [0.4, 0.5) is 5.69 Å². The molecular weight excluding hydrogens is 262 g/mol. The van der Waals surface area contributed by atoms with Crippen molar-refractivity contribution in [3.8, 4) is 0 Å². The lowest BCUT2D eigenvalue weighted by Gasteiger charge is -2.23. The summed E-state index contributed by atoms with van der Waals surface area (Å²) in [5.74, 6) is -0.529. The van der Waals surface area contributed by atoms with Gasteiger partial charge in [-0.3, -0.25) is 19.7 Å². The number of benzene rings is 1. The lowest BCUT2D eigenvalue weighted by Crippen LogP contribution is -2.47. The summed E-state index contributed by atoms with van der Waals surface area (Å²) in [7, 11) is 0. The largest absolute Gasteiger partial charge is 0.354 e. The van der Waals surface area contributed by atoms with Crippen LogP contribution in [0.3, 0.4) is 0 Å². The Morgan fingerprint density at radius 1 is 1.50 bits per heavy atom. The number of para-hydroxylation sites is 1. The molecule has 2 N–H and O–H groups in total. The van der Waals surface area contributed by atoms with E-state index in [2.05, 4.69) is 10.6 Å². The van der Waals surface area contributed by atoms with E-state index >= 15 is 0 Å². The molecular formula is C13H15N3O4. The number of carbonyl (C=O) groups excluding carboxylic acids is 2. The molecule has 2 amide bonds. The van der Waals surface area contributed by atoms with Crippen LogP contribution >= 0.6 is 0 Å². The highest BCUT2D eigenvalue weighted by atomic mass is 16.6. The second kappa shape index (κ2) is 5.68. The van der Waals surface area contributed by atoms with Crippen LogP contribution in [0, 0.1) is 17.0 Å². The van der Waals surface area contributed by atoms with Gasteiger partial charge >= 0.3 is 0 Å². The van der Waals surface area contributed by atoms with Crippen LogP contribution in [-0.2, 0) is 4.79 Å². The number of nitrogens with zero attached hydrogens (tertiary/aromatic N) is 1. The fraction of sp³-hybridized carbons (Fsp3) is 0.385. The Kier molecular flexibility index (Phi) is 3.97. The Morgan fingerprint density at radius 3 is 2.85 bits per heavy atom. The smallest absolute Gasteiger partial charge is 0.285 e. The van der Waals surface area contributed by atoms with E-state index in [9.17, 15) is 19.7 Å². The summed E-state index contributed by atoms with van der Waals surface area (Å²) < 4.78 is 0. The predicted molar refractivity (Wildman–Crippen MR) is 71.3 cm³/mol. The standard InChI is InChI=1S/C13H15N3O4/c1-8-3-2-4-10(12(8)16(19)20)13(18)15-9-5-6-11(17)14-7-9/h2-4,9H,5-7H2,1H3,(H,14,17)(H,15,18). The molecule has 1 saturated heterocycles. The van der Waals surface area contributed by atoms with Gasteiger partial charge in [-0.1, -0.05) is 12.1 Å². The quantitative estimate of drug-likeness (QED) is 0.633. The minimum atomic E-state index is -0.549. The van der Waals surface area contributed by atoms with Crippen LogP contribution in [0.1, 0.15) is 28.8 Å². The minimum Gasteiger partial charge on any atom is -0.354 e. The molecule has 0 spiro atoms. The van der Waals surface area contributed by atoms with Crippen LogP contribution in [0.5, 0.6) is 0 Å². The fourth-order valence-corrected chi connectivity index (χ4v) is 2.20.